The molecule has 0 radical (unpaired) electrons. The van der Waals surface area contributed by atoms with Gasteiger partial charge in [-0.15, -0.1) is 0 Å². The van der Waals surface area contributed by atoms with Crippen LogP contribution in [0.2, 0.25) is 0 Å². The van der Waals surface area contributed by atoms with Gasteiger partial charge in [-0.3, -0.25) is 0 Å². The first kappa shape index (κ1) is 11.5. The van der Waals surface area contributed by atoms with E-state index in [1.165, 1.54) is 25.7 Å². The zero-order chi connectivity index (χ0) is 11.8. The van der Waals surface area contributed by atoms with E-state index in [9.17, 15) is 0 Å². The van der Waals surface area contributed by atoms with E-state index in [4.69, 9.17) is 0 Å². The first-order valence-corrected chi connectivity index (χ1v) is 7.30. The van der Waals surface area contributed by atoms with E-state index in [0.29, 0.717) is 5.92 Å². The molecule has 3 nitrogen and oxygen atoms in total. The van der Waals surface area contributed by atoms with Gasteiger partial charge in [0.1, 0.15) is 16.2 Å². The van der Waals surface area contributed by atoms with Crippen molar-refractivity contribution in [3.63, 3.8) is 0 Å². The van der Waals surface area contributed by atoms with E-state index in [-0.39, 0.29) is 0 Å². The average molecular weight is 296 g/mol. The van der Waals surface area contributed by atoms with Crippen LogP contribution in [0, 0.1) is 11.8 Å². The zero-order valence-electron chi connectivity index (χ0n) is 10.1. The third-order valence-corrected chi connectivity index (χ3v) is 4.09. The maximum Gasteiger partial charge on any atom is 0.135 e. The lowest BCUT2D eigenvalue weighted by Crippen LogP contribution is -2.14. The summed E-state index contributed by atoms with van der Waals surface area (Å²) >= 11 is 3.47. The molecule has 2 aliphatic carbocycles. The highest BCUT2D eigenvalue weighted by Crippen LogP contribution is 2.39. The highest BCUT2D eigenvalue weighted by atomic mass is 79.9. The molecule has 1 heterocycles. The Morgan fingerprint density at radius 2 is 2.12 bits per heavy atom. The minimum atomic E-state index is 0.605. The van der Waals surface area contributed by atoms with Crippen molar-refractivity contribution in [2.45, 2.75) is 38.5 Å². The summed E-state index contributed by atoms with van der Waals surface area (Å²) in [5, 5.41) is 3.45. The van der Waals surface area contributed by atoms with Crippen LogP contribution < -0.4 is 5.32 Å². The second kappa shape index (κ2) is 4.56. The number of nitrogens with one attached hydrogen (secondary N) is 1. The number of nitrogens with zero attached hydrogens (tertiary/aromatic N) is 2. The Balaban J connectivity index is 1.64. The molecule has 0 aromatic carbocycles. The minimum Gasteiger partial charge on any atom is -0.370 e. The van der Waals surface area contributed by atoms with Gasteiger partial charge in [0.05, 0.1) is 0 Å². The van der Waals surface area contributed by atoms with Gasteiger partial charge in [0.15, 0.2) is 0 Å². The highest BCUT2D eigenvalue weighted by Gasteiger charge is 2.28. The number of halogens is 1. The number of hydrogen-bond donors (Lipinski definition) is 1. The highest BCUT2D eigenvalue weighted by molar-refractivity contribution is 9.10. The smallest absolute Gasteiger partial charge is 0.135 e. The van der Waals surface area contributed by atoms with Gasteiger partial charge in [-0.2, -0.15) is 0 Å². The Bertz CT molecular complexity index is 413. The van der Waals surface area contributed by atoms with Crippen LogP contribution in [-0.2, 0) is 0 Å². The van der Waals surface area contributed by atoms with Gasteiger partial charge >= 0.3 is 0 Å². The van der Waals surface area contributed by atoms with Crippen molar-refractivity contribution in [2.75, 3.05) is 11.9 Å². The Morgan fingerprint density at radius 1 is 1.35 bits per heavy atom. The number of rotatable bonds is 5. The summed E-state index contributed by atoms with van der Waals surface area (Å²) in [5.74, 6) is 4.28. The lowest BCUT2D eigenvalue weighted by Gasteiger charge is -2.12. The van der Waals surface area contributed by atoms with Gasteiger partial charge in [-0.05, 0) is 53.4 Å². The van der Waals surface area contributed by atoms with Crippen molar-refractivity contribution in [1.29, 1.82) is 0 Å². The molecule has 0 aliphatic heterocycles. The minimum absolute atomic E-state index is 0.605. The zero-order valence-corrected chi connectivity index (χ0v) is 11.7. The van der Waals surface area contributed by atoms with E-state index in [0.717, 1.165) is 34.6 Å². The van der Waals surface area contributed by atoms with Crippen molar-refractivity contribution in [2.24, 2.45) is 11.8 Å². The molecule has 1 aromatic rings. The predicted octanol–water partition coefficient (Wildman–Crippen LogP) is 3.57. The van der Waals surface area contributed by atoms with Crippen LogP contribution in [0.4, 0.5) is 5.82 Å². The number of anilines is 1. The monoisotopic (exact) mass is 295 g/mol. The van der Waals surface area contributed by atoms with Crippen molar-refractivity contribution in [3.05, 3.63) is 16.5 Å². The van der Waals surface area contributed by atoms with Gasteiger partial charge in [-0.25, -0.2) is 9.97 Å². The summed E-state index contributed by atoms with van der Waals surface area (Å²) in [4.78, 5) is 9.03. The van der Waals surface area contributed by atoms with Crippen molar-refractivity contribution >= 4 is 21.7 Å². The topological polar surface area (TPSA) is 37.8 Å². The molecule has 1 N–H and O–H groups in total. The molecule has 0 amide bonds. The molecule has 92 valence electrons. The van der Waals surface area contributed by atoms with Crippen LogP contribution >= 0.6 is 15.9 Å². The molecule has 0 saturated heterocycles. The van der Waals surface area contributed by atoms with Crippen LogP contribution in [0.1, 0.15) is 44.3 Å². The Morgan fingerprint density at radius 3 is 2.76 bits per heavy atom. The standard InChI is InChI=1S/C13H18BrN3/c1-8(9-2-3-9)7-15-12-6-11(14)16-13(17-12)10-4-5-10/h6,8-10H,2-5,7H2,1H3,(H,15,16,17). The summed E-state index contributed by atoms with van der Waals surface area (Å²) in [6, 6.07) is 1.98. The predicted molar refractivity (Wildman–Crippen MR) is 72.1 cm³/mol. The molecular formula is C13H18BrN3. The lowest BCUT2D eigenvalue weighted by molar-refractivity contribution is 0.535. The van der Waals surface area contributed by atoms with E-state index >= 15 is 0 Å². The quantitative estimate of drug-likeness (QED) is 0.844. The molecule has 2 fully saturated rings. The second-order valence-corrected chi connectivity index (χ2v) is 6.22. The number of aromatic nitrogens is 2. The summed E-state index contributed by atoms with van der Waals surface area (Å²) in [5.41, 5.74) is 0. The molecule has 0 bridgehead atoms. The van der Waals surface area contributed by atoms with Crippen LogP contribution in [0.15, 0.2) is 10.7 Å². The largest absolute Gasteiger partial charge is 0.370 e. The van der Waals surface area contributed by atoms with Gasteiger partial charge in [0, 0.05) is 18.5 Å². The summed E-state index contributed by atoms with van der Waals surface area (Å²) < 4.78 is 0.899. The average Bonchev–Trinajstić information content (AvgIpc) is 3.19. The van der Waals surface area contributed by atoms with E-state index < -0.39 is 0 Å². The summed E-state index contributed by atoms with van der Waals surface area (Å²) in [6.07, 6.45) is 5.30. The first-order valence-electron chi connectivity index (χ1n) is 6.50. The van der Waals surface area contributed by atoms with Crippen LogP contribution in [0.25, 0.3) is 0 Å². The van der Waals surface area contributed by atoms with Crippen molar-refractivity contribution in [1.82, 2.24) is 9.97 Å². The molecule has 4 heteroatoms. The maximum atomic E-state index is 4.60. The van der Waals surface area contributed by atoms with Crippen LogP contribution in [-0.4, -0.2) is 16.5 Å². The maximum absolute atomic E-state index is 4.60. The molecule has 2 aliphatic rings. The first-order chi connectivity index (χ1) is 8.22. The Kier molecular flexibility index (Phi) is 3.07. The van der Waals surface area contributed by atoms with Crippen LogP contribution in [0.5, 0.6) is 0 Å². The van der Waals surface area contributed by atoms with Gasteiger partial charge in [0.2, 0.25) is 0 Å². The summed E-state index contributed by atoms with van der Waals surface area (Å²) in [7, 11) is 0. The van der Waals surface area contributed by atoms with Crippen molar-refractivity contribution < 1.29 is 0 Å². The van der Waals surface area contributed by atoms with Crippen LogP contribution in [0.3, 0.4) is 0 Å². The Labute approximate surface area is 111 Å². The number of hydrogen-bond acceptors (Lipinski definition) is 3. The normalized spacial score (nSPS) is 21.3. The molecular weight excluding hydrogens is 278 g/mol. The molecule has 2 saturated carbocycles. The third-order valence-electron chi connectivity index (χ3n) is 3.69. The van der Waals surface area contributed by atoms with E-state index in [1.807, 2.05) is 6.07 Å². The van der Waals surface area contributed by atoms with E-state index in [1.54, 1.807) is 0 Å². The van der Waals surface area contributed by atoms with Gasteiger partial charge in [0.25, 0.3) is 0 Å². The molecule has 1 aromatic heterocycles. The lowest BCUT2D eigenvalue weighted by atomic mass is 10.1. The molecule has 1 atom stereocenters. The van der Waals surface area contributed by atoms with Gasteiger partial charge < -0.3 is 5.32 Å². The summed E-state index contributed by atoms with van der Waals surface area (Å²) in [6.45, 7) is 3.35. The SMILES string of the molecule is CC(CNc1cc(Br)nc(C2CC2)n1)C1CC1. The fourth-order valence-electron chi connectivity index (χ4n) is 2.15. The van der Waals surface area contributed by atoms with E-state index in [2.05, 4.69) is 38.1 Å². The van der Waals surface area contributed by atoms with Gasteiger partial charge in [-0.1, -0.05) is 6.92 Å². The molecule has 0 spiro atoms. The fraction of sp³-hybridized carbons (Fsp3) is 0.692. The van der Waals surface area contributed by atoms with Crippen molar-refractivity contribution in [3.8, 4) is 0 Å². The molecule has 17 heavy (non-hydrogen) atoms. The fourth-order valence-corrected chi connectivity index (χ4v) is 2.55. The third kappa shape index (κ3) is 2.97. The Hall–Kier alpha value is -0.640. The molecule has 1 unspecified atom stereocenters. The second-order valence-electron chi connectivity index (χ2n) is 5.40. The molecule has 3 rings (SSSR count).